The van der Waals surface area contributed by atoms with Crippen molar-refractivity contribution in [2.24, 2.45) is 5.73 Å². The zero-order valence-electron chi connectivity index (χ0n) is 14.4. The van der Waals surface area contributed by atoms with Gasteiger partial charge in [0, 0.05) is 24.7 Å². The van der Waals surface area contributed by atoms with Gasteiger partial charge in [0.05, 0.1) is 22.3 Å². The molecule has 0 radical (unpaired) electrons. The Bertz CT molecular complexity index is 1080. The summed E-state index contributed by atoms with van der Waals surface area (Å²) in [5.74, 6) is 0.244. The summed E-state index contributed by atoms with van der Waals surface area (Å²) in [5, 5.41) is 10.2. The number of anilines is 1. The van der Waals surface area contributed by atoms with Crippen molar-refractivity contribution in [3.8, 4) is 6.07 Å². The van der Waals surface area contributed by atoms with Crippen LogP contribution in [0.4, 0.5) is 5.82 Å². The highest BCUT2D eigenvalue weighted by Crippen LogP contribution is 2.28. The van der Waals surface area contributed by atoms with Crippen LogP contribution in [0.1, 0.15) is 32.7 Å². The fraction of sp³-hybridized carbons (Fsp3) is 0.200. The summed E-state index contributed by atoms with van der Waals surface area (Å²) in [7, 11) is 0. The van der Waals surface area contributed by atoms with Crippen LogP contribution in [0, 0.1) is 18.3 Å². The molecule has 0 bridgehead atoms. The Hall–Kier alpha value is -3.46. The van der Waals surface area contributed by atoms with Gasteiger partial charge in [-0.3, -0.25) is 9.78 Å². The lowest BCUT2D eigenvalue weighted by molar-refractivity contribution is 0.100. The minimum absolute atomic E-state index is 0.466. The number of hydrogen-bond donors (Lipinski definition) is 1. The fourth-order valence-electron chi connectivity index (χ4n) is 3.52. The fourth-order valence-corrected chi connectivity index (χ4v) is 3.52. The van der Waals surface area contributed by atoms with E-state index in [2.05, 4.69) is 16.0 Å². The predicted octanol–water partition coefficient (Wildman–Crippen LogP) is 2.47. The molecule has 2 aromatic heterocycles. The minimum atomic E-state index is -0.466. The molecular weight excluding hydrogens is 326 g/mol. The number of benzene rings is 1. The average Bonchev–Trinajstić information content (AvgIpc) is 2.66. The van der Waals surface area contributed by atoms with Crippen molar-refractivity contribution >= 4 is 22.6 Å². The van der Waals surface area contributed by atoms with Gasteiger partial charge in [-0.15, -0.1) is 0 Å². The van der Waals surface area contributed by atoms with Crippen LogP contribution in [0.15, 0.2) is 36.5 Å². The zero-order chi connectivity index (χ0) is 18.3. The number of carbonyl (C=O) groups is 1. The Morgan fingerprint density at radius 1 is 1.35 bits per heavy atom. The summed E-state index contributed by atoms with van der Waals surface area (Å²) >= 11 is 0. The molecule has 0 atom stereocenters. The van der Waals surface area contributed by atoms with E-state index in [1.165, 1.54) is 0 Å². The summed E-state index contributed by atoms with van der Waals surface area (Å²) in [6.07, 6.45) is 2.57. The molecule has 3 heterocycles. The second-order valence-electron chi connectivity index (χ2n) is 6.42. The standard InChI is InChI=1S/C20H17N5O/c1-12-17(9-21)14-6-7-25(11-13(14)10-23-12)19-8-16(20(22)26)15-4-2-3-5-18(15)24-19/h2-5,8,10H,6-7,11H2,1H3,(H2,22,26). The van der Waals surface area contributed by atoms with Crippen molar-refractivity contribution < 1.29 is 4.79 Å². The van der Waals surface area contributed by atoms with E-state index in [1.807, 2.05) is 37.4 Å². The molecule has 6 nitrogen and oxygen atoms in total. The second-order valence-corrected chi connectivity index (χ2v) is 6.42. The highest BCUT2D eigenvalue weighted by molar-refractivity contribution is 6.06. The van der Waals surface area contributed by atoms with E-state index in [-0.39, 0.29) is 0 Å². The van der Waals surface area contributed by atoms with Crippen LogP contribution in [-0.4, -0.2) is 22.4 Å². The molecular formula is C20H17N5O. The maximum Gasteiger partial charge on any atom is 0.249 e. The molecule has 1 amide bonds. The van der Waals surface area contributed by atoms with Crippen molar-refractivity contribution in [2.75, 3.05) is 11.4 Å². The number of aryl methyl sites for hydroxylation is 1. The number of nitriles is 1. The number of para-hydroxylation sites is 1. The molecule has 128 valence electrons. The second kappa shape index (κ2) is 6.12. The molecule has 0 saturated carbocycles. The minimum Gasteiger partial charge on any atom is -0.366 e. The van der Waals surface area contributed by atoms with Gasteiger partial charge < -0.3 is 10.6 Å². The smallest absolute Gasteiger partial charge is 0.249 e. The van der Waals surface area contributed by atoms with Gasteiger partial charge in [0.1, 0.15) is 11.9 Å². The van der Waals surface area contributed by atoms with Gasteiger partial charge in [-0.2, -0.15) is 5.26 Å². The van der Waals surface area contributed by atoms with Crippen LogP contribution in [0.2, 0.25) is 0 Å². The maximum absolute atomic E-state index is 11.9. The Kier molecular flexibility index (Phi) is 3.77. The number of amides is 1. The molecule has 0 saturated heterocycles. The molecule has 2 N–H and O–H groups in total. The van der Waals surface area contributed by atoms with Gasteiger partial charge in [-0.05, 0) is 36.6 Å². The van der Waals surface area contributed by atoms with Gasteiger partial charge >= 0.3 is 0 Å². The number of nitrogens with zero attached hydrogens (tertiary/aromatic N) is 4. The third-order valence-electron chi connectivity index (χ3n) is 4.86. The summed E-state index contributed by atoms with van der Waals surface area (Å²) in [6, 6.07) is 11.5. The quantitative estimate of drug-likeness (QED) is 0.771. The van der Waals surface area contributed by atoms with Crippen LogP contribution in [0.3, 0.4) is 0 Å². The number of nitrogens with two attached hydrogens (primary N) is 1. The van der Waals surface area contributed by atoms with E-state index < -0.39 is 5.91 Å². The Labute approximate surface area is 150 Å². The number of primary amides is 1. The van der Waals surface area contributed by atoms with Gasteiger partial charge in [-0.1, -0.05) is 18.2 Å². The first-order valence-electron chi connectivity index (χ1n) is 8.40. The van der Waals surface area contributed by atoms with Crippen LogP contribution >= 0.6 is 0 Å². The van der Waals surface area contributed by atoms with E-state index in [1.54, 1.807) is 6.07 Å². The average molecular weight is 343 g/mol. The van der Waals surface area contributed by atoms with Gasteiger partial charge in [0.25, 0.3) is 0 Å². The van der Waals surface area contributed by atoms with Crippen LogP contribution in [0.5, 0.6) is 0 Å². The molecule has 3 aromatic rings. The third-order valence-corrected chi connectivity index (χ3v) is 4.86. The number of carbonyl (C=O) groups excluding carboxylic acids is 1. The number of pyridine rings is 2. The van der Waals surface area contributed by atoms with Crippen LogP contribution in [0.25, 0.3) is 10.9 Å². The molecule has 1 aromatic carbocycles. The topological polar surface area (TPSA) is 95.9 Å². The summed E-state index contributed by atoms with van der Waals surface area (Å²) < 4.78 is 0. The van der Waals surface area contributed by atoms with Crippen molar-refractivity contribution in [3.63, 3.8) is 0 Å². The van der Waals surface area contributed by atoms with E-state index in [0.717, 1.165) is 34.1 Å². The van der Waals surface area contributed by atoms with E-state index >= 15 is 0 Å². The van der Waals surface area contributed by atoms with Crippen LogP contribution < -0.4 is 10.6 Å². The largest absolute Gasteiger partial charge is 0.366 e. The summed E-state index contributed by atoms with van der Waals surface area (Å²) in [4.78, 5) is 23.0. The van der Waals surface area contributed by atoms with Crippen molar-refractivity contribution in [2.45, 2.75) is 19.9 Å². The first-order valence-corrected chi connectivity index (χ1v) is 8.40. The Morgan fingerprint density at radius 2 is 2.15 bits per heavy atom. The zero-order valence-corrected chi connectivity index (χ0v) is 14.4. The van der Waals surface area contributed by atoms with Crippen molar-refractivity contribution in [3.05, 3.63) is 64.5 Å². The van der Waals surface area contributed by atoms with E-state index in [4.69, 9.17) is 10.7 Å². The number of rotatable bonds is 2. The number of fused-ring (bicyclic) bond motifs is 2. The highest BCUT2D eigenvalue weighted by atomic mass is 16.1. The number of aromatic nitrogens is 2. The Balaban J connectivity index is 1.78. The number of hydrogen-bond acceptors (Lipinski definition) is 5. The highest BCUT2D eigenvalue weighted by Gasteiger charge is 2.23. The Morgan fingerprint density at radius 3 is 2.92 bits per heavy atom. The van der Waals surface area contributed by atoms with Crippen LogP contribution in [-0.2, 0) is 13.0 Å². The monoisotopic (exact) mass is 343 g/mol. The lowest BCUT2D eigenvalue weighted by atomic mass is 9.95. The molecule has 1 aliphatic heterocycles. The molecule has 4 rings (SSSR count). The lowest BCUT2D eigenvalue weighted by Crippen LogP contribution is -2.32. The first-order chi connectivity index (χ1) is 12.6. The molecule has 0 spiro atoms. The molecule has 26 heavy (non-hydrogen) atoms. The SMILES string of the molecule is Cc1ncc2c(c1C#N)CCN(c1cc(C(N)=O)c3ccccc3n1)C2. The van der Waals surface area contributed by atoms with Crippen molar-refractivity contribution in [1.82, 2.24) is 9.97 Å². The van der Waals surface area contributed by atoms with Crippen molar-refractivity contribution in [1.29, 1.82) is 5.26 Å². The lowest BCUT2D eigenvalue weighted by Gasteiger charge is -2.30. The predicted molar refractivity (Wildman–Crippen MR) is 98.7 cm³/mol. The molecule has 0 aliphatic carbocycles. The van der Waals surface area contributed by atoms with Gasteiger partial charge in [0.15, 0.2) is 0 Å². The first kappa shape index (κ1) is 16.0. The summed E-state index contributed by atoms with van der Waals surface area (Å²) in [6.45, 7) is 3.17. The maximum atomic E-state index is 11.9. The normalized spacial score (nSPS) is 13.3. The third kappa shape index (κ3) is 2.54. The van der Waals surface area contributed by atoms with E-state index in [0.29, 0.717) is 30.0 Å². The molecule has 0 unspecified atom stereocenters. The summed E-state index contributed by atoms with van der Waals surface area (Å²) in [5.41, 5.74) is 10.3. The van der Waals surface area contributed by atoms with E-state index in [9.17, 15) is 10.1 Å². The van der Waals surface area contributed by atoms with Gasteiger partial charge in [0.2, 0.25) is 5.91 Å². The molecule has 0 fully saturated rings. The molecule has 6 heteroatoms. The molecule has 1 aliphatic rings. The van der Waals surface area contributed by atoms with Gasteiger partial charge in [-0.25, -0.2) is 4.98 Å².